The fourth-order valence-electron chi connectivity index (χ4n) is 2.90. The van der Waals surface area contributed by atoms with E-state index in [1.165, 1.54) is 30.6 Å². The van der Waals surface area contributed by atoms with E-state index < -0.39 is 18.1 Å². The zero-order chi connectivity index (χ0) is 14.3. The number of rotatable bonds is 5. The summed E-state index contributed by atoms with van der Waals surface area (Å²) in [5.41, 5.74) is 0. The predicted octanol–water partition coefficient (Wildman–Crippen LogP) is 0.748. The molecule has 2 amide bonds. The van der Waals surface area contributed by atoms with Crippen LogP contribution in [0.15, 0.2) is 0 Å². The van der Waals surface area contributed by atoms with Crippen molar-refractivity contribution in [2.75, 3.05) is 19.6 Å². The molecular weight excluding hydrogens is 260 g/mol. The number of aliphatic hydroxyl groups is 1. The zero-order valence-electron chi connectivity index (χ0n) is 11.6. The molecule has 2 atom stereocenters. The number of β-amino-alcohol motifs (C(OH)–C–C–N with tert-alkyl or cyclic N) is 1. The Hall–Kier alpha value is -1.30. The van der Waals surface area contributed by atoms with Gasteiger partial charge in [-0.05, 0) is 37.5 Å². The van der Waals surface area contributed by atoms with Crippen LogP contribution < -0.4 is 0 Å². The maximum atomic E-state index is 12.6. The number of carbonyl (C=O) groups excluding carboxylic acids is 1. The van der Waals surface area contributed by atoms with Crippen LogP contribution in [0.5, 0.6) is 0 Å². The van der Waals surface area contributed by atoms with Crippen molar-refractivity contribution in [3.05, 3.63) is 0 Å². The van der Waals surface area contributed by atoms with E-state index in [-0.39, 0.29) is 19.0 Å². The molecule has 3 rings (SSSR count). The van der Waals surface area contributed by atoms with Crippen LogP contribution in [-0.4, -0.2) is 63.8 Å². The summed E-state index contributed by atoms with van der Waals surface area (Å²) in [6.07, 6.45) is 4.09. The third-order valence-corrected chi connectivity index (χ3v) is 4.43. The minimum Gasteiger partial charge on any atom is -0.480 e. The summed E-state index contributed by atoms with van der Waals surface area (Å²) in [5, 5.41) is 18.9. The Labute approximate surface area is 118 Å². The van der Waals surface area contributed by atoms with Crippen molar-refractivity contribution < 1.29 is 19.8 Å². The Balaban J connectivity index is 1.67. The van der Waals surface area contributed by atoms with E-state index in [2.05, 4.69) is 0 Å². The van der Waals surface area contributed by atoms with Crippen molar-refractivity contribution in [3.8, 4) is 0 Å². The molecule has 0 radical (unpaired) electrons. The molecule has 112 valence electrons. The van der Waals surface area contributed by atoms with E-state index in [9.17, 15) is 19.8 Å². The molecule has 2 aliphatic carbocycles. The first-order valence-corrected chi connectivity index (χ1v) is 7.51. The summed E-state index contributed by atoms with van der Waals surface area (Å²) in [6, 6.07) is -1.08. The number of amides is 2. The molecule has 2 N–H and O–H groups in total. The van der Waals surface area contributed by atoms with Gasteiger partial charge in [-0.3, -0.25) is 0 Å². The molecule has 0 aromatic carbocycles. The molecule has 2 saturated carbocycles. The molecule has 3 aliphatic rings. The lowest BCUT2D eigenvalue weighted by atomic mass is 10.2. The van der Waals surface area contributed by atoms with Crippen molar-refractivity contribution >= 4 is 12.0 Å². The van der Waals surface area contributed by atoms with Gasteiger partial charge < -0.3 is 20.0 Å². The van der Waals surface area contributed by atoms with E-state index in [1.807, 2.05) is 4.90 Å². The van der Waals surface area contributed by atoms with Gasteiger partial charge in [0.1, 0.15) is 6.04 Å². The number of aliphatic hydroxyl groups excluding tert-OH is 1. The van der Waals surface area contributed by atoms with Gasteiger partial charge in [0.2, 0.25) is 0 Å². The first-order valence-electron chi connectivity index (χ1n) is 7.51. The van der Waals surface area contributed by atoms with Crippen LogP contribution in [0.3, 0.4) is 0 Å². The molecule has 1 heterocycles. The molecule has 0 bridgehead atoms. The summed E-state index contributed by atoms with van der Waals surface area (Å²) < 4.78 is 0. The standard InChI is InChI=1S/C14H22N2O4/c17-11-5-12(13(18)19)16(8-11)14(20)15(6-9-1-2-9)7-10-3-4-10/h9-12,17H,1-8H2,(H,18,19)/t11-,12-/m0/s1. The molecule has 0 aromatic rings. The Morgan fingerprint density at radius 1 is 1.10 bits per heavy atom. The van der Waals surface area contributed by atoms with Gasteiger partial charge in [0.05, 0.1) is 6.10 Å². The van der Waals surface area contributed by atoms with E-state index in [0.29, 0.717) is 11.8 Å². The van der Waals surface area contributed by atoms with Crippen LogP contribution in [-0.2, 0) is 4.79 Å². The molecule has 1 aliphatic heterocycles. The Morgan fingerprint density at radius 2 is 1.65 bits per heavy atom. The lowest BCUT2D eigenvalue weighted by Crippen LogP contribution is -2.49. The van der Waals surface area contributed by atoms with E-state index in [4.69, 9.17) is 0 Å². The minimum atomic E-state index is -1.02. The highest BCUT2D eigenvalue weighted by atomic mass is 16.4. The van der Waals surface area contributed by atoms with Gasteiger partial charge >= 0.3 is 12.0 Å². The highest BCUT2D eigenvalue weighted by Crippen LogP contribution is 2.34. The molecule has 1 saturated heterocycles. The van der Waals surface area contributed by atoms with Crippen LogP contribution in [0.25, 0.3) is 0 Å². The van der Waals surface area contributed by atoms with Gasteiger partial charge in [0.25, 0.3) is 0 Å². The second-order valence-corrected chi connectivity index (χ2v) is 6.47. The zero-order valence-corrected chi connectivity index (χ0v) is 11.6. The summed E-state index contributed by atoms with van der Waals surface area (Å²) in [5.74, 6) is 0.162. The largest absolute Gasteiger partial charge is 0.480 e. The molecule has 20 heavy (non-hydrogen) atoms. The van der Waals surface area contributed by atoms with Gasteiger partial charge in [-0.1, -0.05) is 0 Å². The van der Waals surface area contributed by atoms with Gasteiger partial charge in [0.15, 0.2) is 0 Å². The maximum Gasteiger partial charge on any atom is 0.326 e. The van der Waals surface area contributed by atoms with Crippen LogP contribution in [0, 0.1) is 11.8 Å². The van der Waals surface area contributed by atoms with E-state index in [1.54, 1.807) is 0 Å². The Morgan fingerprint density at radius 3 is 2.10 bits per heavy atom. The van der Waals surface area contributed by atoms with Gasteiger partial charge in [-0.25, -0.2) is 9.59 Å². The highest BCUT2D eigenvalue weighted by Gasteiger charge is 2.42. The average molecular weight is 282 g/mol. The summed E-state index contributed by atoms with van der Waals surface area (Å²) in [7, 11) is 0. The SMILES string of the molecule is O=C(O)[C@@H]1C[C@H](O)CN1C(=O)N(CC1CC1)CC1CC1. The molecule has 3 fully saturated rings. The molecule has 0 aromatic heterocycles. The highest BCUT2D eigenvalue weighted by molar-refractivity contribution is 5.83. The van der Waals surface area contributed by atoms with Crippen LogP contribution in [0.4, 0.5) is 4.79 Å². The summed E-state index contributed by atoms with van der Waals surface area (Å²) in [6.45, 7) is 1.63. The topological polar surface area (TPSA) is 81.1 Å². The number of hydrogen-bond donors (Lipinski definition) is 2. The van der Waals surface area contributed by atoms with Crippen molar-refractivity contribution in [3.63, 3.8) is 0 Å². The number of carboxylic acid groups (broad SMARTS) is 1. The van der Waals surface area contributed by atoms with Crippen molar-refractivity contribution in [2.24, 2.45) is 11.8 Å². The van der Waals surface area contributed by atoms with Crippen molar-refractivity contribution in [1.82, 2.24) is 9.80 Å². The number of nitrogens with zero attached hydrogens (tertiary/aromatic N) is 2. The molecule has 6 heteroatoms. The second kappa shape index (κ2) is 5.24. The Bertz CT molecular complexity index is 392. The second-order valence-electron chi connectivity index (χ2n) is 6.47. The fourth-order valence-corrected chi connectivity index (χ4v) is 2.90. The lowest BCUT2D eigenvalue weighted by Gasteiger charge is -2.30. The van der Waals surface area contributed by atoms with Gasteiger partial charge in [-0.15, -0.1) is 0 Å². The maximum absolute atomic E-state index is 12.6. The number of urea groups is 1. The number of carbonyl (C=O) groups is 2. The normalized spacial score (nSPS) is 29.6. The minimum absolute atomic E-state index is 0.141. The quantitative estimate of drug-likeness (QED) is 0.779. The third-order valence-electron chi connectivity index (χ3n) is 4.43. The van der Waals surface area contributed by atoms with Crippen LogP contribution in [0.2, 0.25) is 0 Å². The summed E-state index contributed by atoms with van der Waals surface area (Å²) in [4.78, 5) is 27.0. The van der Waals surface area contributed by atoms with E-state index >= 15 is 0 Å². The number of carboxylic acids is 1. The Kier molecular flexibility index (Phi) is 3.58. The first-order chi connectivity index (χ1) is 9.54. The fraction of sp³-hybridized carbons (Fsp3) is 0.857. The smallest absolute Gasteiger partial charge is 0.326 e. The van der Waals surface area contributed by atoms with Crippen LogP contribution >= 0.6 is 0 Å². The molecular formula is C14H22N2O4. The third kappa shape index (κ3) is 3.06. The number of likely N-dealkylation sites (tertiary alicyclic amines) is 1. The van der Waals surface area contributed by atoms with Gasteiger partial charge in [-0.2, -0.15) is 0 Å². The number of hydrogen-bond acceptors (Lipinski definition) is 3. The number of aliphatic carboxylic acids is 1. The predicted molar refractivity (Wildman–Crippen MR) is 71.2 cm³/mol. The monoisotopic (exact) mass is 282 g/mol. The van der Waals surface area contributed by atoms with Crippen LogP contribution in [0.1, 0.15) is 32.1 Å². The van der Waals surface area contributed by atoms with Crippen molar-refractivity contribution in [1.29, 1.82) is 0 Å². The molecule has 0 unspecified atom stereocenters. The summed E-state index contributed by atoms with van der Waals surface area (Å²) >= 11 is 0. The van der Waals surface area contributed by atoms with Gasteiger partial charge in [0, 0.05) is 26.1 Å². The lowest BCUT2D eigenvalue weighted by molar-refractivity contribution is -0.141. The molecule has 6 nitrogen and oxygen atoms in total. The molecule has 0 spiro atoms. The van der Waals surface area contributed by atoms with E-state index in [0.717, 1.165) is 13.1 Å². The van der Waals surface area contributed by atoms with Crippen molar-refractivity contribution in [2.45, 2.75) is 44.2 Å². The average Bonchev–Trinajstić information content (AvgIpc) is 3.30. The first kappa shape index (κ1) is 13.7.